The first kappa shape index (κ1) is 11.4. The summed E-state index contributed by atoms with van der Waals surface area (Å²) in [5, 5.41) is 8.42. The number of carboxylic acid groups (broad SMARTS) is 1. The molecule has 0 rings (SSSR count). The highest BCUT2D eigenvalue weighted by atomic mass is 16.6. The van der Waals surface area contributed by atoms with Crippen LogP contribution in [0.3, 0.4) is 0 Å². The Balaban J connectivity index is 4.07. The minimum Gasteiger partial charge on any atom is -0.479 e. The van der Waals surface area contributed by atoms with Gasteiger partial charge in [-0.3, -0.25) is 0 Å². The van der Waals surface area contributed by atoms with Crippen LogP contribution >= 0.6 is 0 Å². The molecule has 1 unspecified atom stereocenters. The number of esters is 1. The van der Waals surface area contributed by atoms with Crippen LogP contribution in [0.1, 0.15) is 13.3 Å². The van der Waals surface area contributed by atoms with Gasteiger partial charge in [0.15, 0.2) is 6.10 Å². The second kappa shape index (κ2) is 5.13. The number of carbonyl (C=O) groups excluding carboxylic acids is 1. The van der Waals surface area contributed by atoms with Gasteiger partial charge in [0.05, 0.1) is 0 Å². The maximum Gasteiger partial charge on any atom is 0.344 e. The monoisotopic (exact) mass is 184 g/mol. The van der Waals surface area contributed by atoms with E-state index in [-0.39, 0.29) is 5.57 Å². The van der Waals surface area contributed by atoms with Gasteiger partial charge in [0.25, 0.3) is 0 Å². The van der Waals surface area contributed by atoms with Crippen LogP contribution in [-0.2, 0) is 14.3 Å². The first-order valence-corrected chi connectivity index (χ1v) is 3.71. The molecule has 1 atom stereocenters. The van der Waals surface area contributed by atoms with Crippen LogP contribution in [0.4, 0.5) is 0 Å². The topological polar surface area (TPSA) is 63.6 Å². The van der Waals surface area contributed by atoms with Crippen LogP contribution in [0.25, 0.3) is 0 Å². The Kier molecular flexibility index (Phi) is 4.51. The highest BCUT2D eigenvalue weighted by Crippen LogP contribution is 2.03. The first-order valence-electron chi connectivity index (χ1n) is 3.71. The fourth-order valence-corrected chi connectivity index (χ4v) is 0.552. The average molecular weight is 184 g/mol. The number of rotatable bonds is 5. The van der Waals surface area contributed by atoms with Crippen molar-refractivity contribution in [3.05, 3.63) is 24.8 Å². The van der Waals surface area contributed by atoms with Crippen molar-refractivity contribution < 1.29 is 19.4 Å². The Hall–Kier alpha value is -1.58. The standard InChI is InChI=1S/C9H12O4/c1-4-5-6(2)9(12)13-7(3)8(10)11/h4,7H,1-2,5H2,3H3,(H,10,11). The number of ether oxygens (including phenoxy) is 1. The molecule has 0 fully saturated rings. The van der Waals surface area contributed by atoms with Crippen molar-refractivity contribution in [1.82, 2.24) is 0 Å². The van der Waals surface area contributed by atoms with Crippen LogP contribution in [0.15, 0.2) is 24.8 Å². The molecule has 0 aliphatic rings. The molecule has 1 N–H and O–H groups in total. The normalized spacial score (nSPS) is 11.5. The summed E-state index contributed by atoms with van der Waals surface area (Å²) in [6, 6.07) is 0. The van der Waals surface area contributed by atoms with Crippen LogP contribution in [0.2, 0.25) is 0 Å². The van der Waals surface area contributed by atoms with E-state index in [1.165, 1.54) is 13.0 Å². The average Bonchev–Trinajstić information content (AvgIpc) is 2.04. The molecule has 0 aromatic rings. The van der Waals surface area contributed by atoms with Crippen molar-refractivity contribution in [3.8, 4) is 0 Å². The summed E-state index contributed by atoms with van der Waals surface area (Å²) in [4.78, 5) is 21.3. The molecule has 0 aromatic heterocycles. The van der Waals surface area contributed by atoms with Crippen molar-refractivity contribution in [2.45, 2.75) is 19.4 Å². The van der Waals surface area contributed by atoms with Gasteiger partial charge in [-0.1, -0.05) is 12.7 Å². The Labute approximate surface area is 76.5 Å². The van der Waals surface area contributed by atoms with Crippen molar-refractivity contribution in [1.29, 1.82) is 0 Å². The maximum atomic E-state index is 11.0. The quantitative estimate of drug-likeness (QED) is 0.395. The minimum absolute atomic E-state index is 0.197. The SMILES string of the molecule is C=CCC(=C)C(=O)OC(C)C(=O)O. The highest BCUT2D eigenvalue weighted by Gasteiger charge is 2.17. The van der Waals surface area contributed by atoms with Crippen molar-refractivity contribution in [3.63, 3.8) is 0 Å². The third kappa shape index (κ3) is 4.10. The number of hydrogen-bond acceptors (Lipinski definition) is 3. The molecule has 0 aliphatic heterocycles. The summed E-state index contributed by atoms with van der Waals surface area (Å²) in [5.41, 5.74) is 0.197. The lowest BCUT2D eigenvalue weighted by atomic mass is 10.2. The molecule has 13 heavy (non-hydrogen) atoms. The van der Waals surface area contributed by atoms with E-state index in [4.69, 9.17) is 5.11 Å². The molecule has 0 aromatic carbocycles. The summed E-state index contributed by atoms with van der Waals surface area (Å²) < 4.78 is 4.54. The van der Waals surface area contributed by atoms with Gasteiger partial charge >= 0.3 is 11.9 Å². The van der Waals surface area contributed by atoms with Gasteiger partial charge in [-0.2, -0.15) is 0 Å². The highest BCUT2D eigenvalue weighted by molar-refractivity contribution is 5.89. The lowest BCUT2D eigenvalue weighted by Gasteiger charge is -2.08. The molecule has 0 aliphatic carbocycles. The molecule has 0 bridgehead atoms. The molecular weight excluding hydrogens is 172 g/mol. The predicted molar refractivity (Wildman–Crippen MR) is 47.1 cm³/mol. The number of hydrogen-bond donors (Lipinski definition) is 1. The molecule has 0 heterocycles. The Morgan fingerprint density at radius 2 is 2.15 bits per heavy atom. The van der Waals surface area contributed by atoms with E-state index in [1.807, 2.05) is 0 Å². The Bertz CT molecular complexity index is 242. The summed E-state index contributed by atoms with van der Waals surface area (Å²) in [5.74, 6) is -1.88. The third-order valence-electron chi connectivity index (χ3n) is 1.31. The molecule has 4 nitrogen and oxygen atoms in total. The minimum atomic E-state index is -1.18. The molecule has 0 saturated heterocycles. The smallest absolute Gasteiger partial charge is 0.344 e. The molecule has 0 saturated carbocycles. The molecule has 72 valence electrons. The van der Waals surface area contributed by atoms with Crippen molar-refractivity contribution in [2.24, 2.45) is 0 Å². The number of carbonyl (C=O) groups is 2. The van der Waals surface area contributed by atoms with Crippen LogP contribution in [0, 0.1) is 0 Å². The van der Waals surface area contributed by atoms with Crippen molar-refractivity contribution in [2.75, 3.05) is 0 Å². The summed E-state index contributed by atoms with van der Waals surface area (Å²) >= 11 is 0. The number of aliphatic carboxylic acids is 1. The predicted octanol–water partition coefficient (Wildman–Crippen LogP) is 1.14. The van der Waals surface area contributed by atoms with Crippen LogP contribution in [0.5, 0.6) is 0 Å². The number of carboxylic acids is 1. The third-order valence-corrected chi connectivity index (χ3v) is 1.31. The molecule has 0 amide bonds. The van der Waals surface area contributed by atoms with E-state index in [0.29, 0.717) is 6.42 Å². The maximum absolute atomic E-state index is 11.0. The van der Waals surface area contributed by atoms with E-state index in [0.717, 1.165) is 0 Å². The van der Waals surface area contributed by atoms with Crippen LogP contribution in [-0.4, -0.2) is 23.1 Å². The first-order chi connectivity index (χ1) is 5.99. The second-order valence-electron chi connectivity index (χ2n) is 2.48. The Morgan fingerprint density at radius 1 is 1.62 bits per heavy atom. The van der Waals surface area contributed by atoms with Gasteiger partial charge in [-0.05, 0) is 13.3 Å². The van der Waals surface area contributed by atoms with Crippen LogP contribution < -0.4 is 0 Å². The van der Waals surface area contributed by atoms with E-state index in [9.17, 15) is 9.59 Å². The fourth-order valence-electron chi connectivity index (χ4n) is 0.552. The van der Waals surface area contributed by atoms with E-state index in [1.54, 1.807) is 0 Å². The van der Waals surface area contributed by atoms with Gasteiger partial charge in [-0.15, -0.1) is 6.58 Å². The summed E-state index contributed by atoms with van der Waals surface area (Å²) in [6.45, 7) is 8.11. The van der Waals surface area contributed by atoms with Gasteiger partial charge in [0, 0.05) is 5.57 Å². The zero-order chi connectivity index (χ0) is 10.4. The van der Waals surface area contributed by atoms with E-state index < -0.39 is 18.0 Å². The summed E-state index contributed by atoms with van der Waals surface area (Å²) in [7, 11) is 0. The van der Waals surface area contributed by atoms with Crippen molar-refractivity contribution >= 4 is 11.9 Å². The zero-order valence-corrected chi connectivity index (χ0v) is 7.45. The van der Waals surface area contributed by atoms with E-state index >= 15 is 0 Å². The van der Waals surface area contributed by atoms with Gasteiger partial charge in [0.1, 0.15) is 0 Å². The van der Waals surface area contributed by atoms with Gasteiger partial charge in [-0.25, -0.2) is 9.59 Å². The molecule has 0 spiro atoms. The molecule has 0 radical (unpaired) electrons. The lowest BCUT2D eigenvalue weighted by molar-refractivity contribution is -0.160. The van der Waals surface area contributed by atoms with Gasteiger partial charge in [0.2, 0.25) is 0 Å². The number of allylic oxidation sites excluding steroid dienone is 1. The lowest BCUT2D eigenvalue weighted by Crippen LogP contribution is -2.24. The Morgan fingerprint density at radius 3 is 2.54 bits per heavy atom. The zero-order valence-electron chi connectivity index (χ0n) is 7.45. The van der Waals surface area contributed by atoms with E-state index in [2.05, 4.69) is 17.9 Å². The fraction of sp³-hybridized carbons (Fsp3) is 0.333. The molecule has 4 heteroatoms. The summed E-state index contributed by atoms with van der Waals surface area (Å²) in [6.07, 6.45) is 0.647. The largest absolute Gasteiger partial charge is 0.479 e. The van der Waals surface area contributed by atoms with Gasteiger partial charge < -0.3 is 9.84 Å². The molecular formula is C9H12O4. The second-order valence-corrected chi connectivity index (χ2v) is 2.48.